The van der Waals surface area contributed by atoms with Crippen molar-refractivity contribution in [2.45, 2.75) is 44.4 Å². The molecule has 0 aliphatic heterocycles. The van der Waals surface area contributed by atoms with Gasteiger partial charge >= 0.3 is 5.97 Å². The van der Waals surface area contributed by atoms with Gasteiger partial charge in [0.2, 0.25) is 0 Å². The van der Waals surface area contributed by atoms with Crippen LogP contribution in [0.1, 0.15) is 77.2 Å². The fraction of sp³-hybridized carbons (Fsp3) is 0.219. The number of aromatic hydroxyl groups is 1. The van der Waals surface area contributed by atoms with Crippen molar-refractivity contribution in [2.75, 3.05) is 0 Å². The molecule has 0 aliphatic carbocycles. The van der Waals surface area contributed by atoms with Crippen LogP contribution in [0, 0.1) is 0 Å². The van der Waals surface area contributed by atoms with E-state index in [1.54, 1.807) is 6.07 Å². The van der Waals surface area contributed by atoms with Crippen LogP contribution in [0.5, 0.6) is 5.75 Å². The van der Waals surface area contributed by atoms with Gasteiger partial charge in [-0.3, -0.25) is 0 Å². The summed E-state index contributed by atoms with van der Waals surface area (Å²) < 4.78 is 0. The molecule has 0 saturated carbocycles. The summed E-state index contributed by atoms with van der Waals surface area (Å²) in [5, 5.41) is 21.1. The number of hydrogen-bond acceptors (Lipinski definition) is 2. The third kappa shape index (κ3) is 5.14. The second kappa shape index (κ2) is 10.2. The van der Waals surface area contributed by atoms with Crippen LogP contribution in [0.4, 0.5) is 0 Å². The summed E-state index contributed by atoms with van der Waals surface area (Å²) in [4.78, 5) is 12.2. The zero-order valence-electron chi connectivity index (χ0n) is 20.5. The molecule has 0 radical (unpaired) electrons. The van der Waals surface area contributed by atoms with Gasteiger partial charge in [-0.05, 0) is 40.7 Å². The molecule has 0 saturated heterocycles. The number of carboxylic acid groups (broad SMARTS) is 1. The lowest BCUT2D eigenvalue weighted by molar-refractivity contribution is 0.0693. The average molecular weight is 465 g/mol. The monoisotopic (exact) mass is 464 g/mol. The highest BCUT2D eigenvalue weighted by Crippen LogP contribution is 2.43. The molecule has 0 heterocycles. The third-order valence-corrected chi connectivity index (χ3v) is 7.09. The van der Waals surface area contributed by atoms with E-state index in [2.05, 4.69) is 31.2 Å². The standard InChI is InChI=1S/C32H32O3/c1-22(23-13-7-4-8-14-23)19-27(24-15-9-5-10-16-24)25-20-28(31(34)35)30(33)29(21-25)32(2,3)26-17-11-6-12-18-26/h4-18,20-22,27,33H,19H2,1-3H3,(H,34,35). The number of phenols is 1. The zero-order chi connectivity index (χ0) is 25.0. The number of carbonyl (C=O) groups is 1. The second-order valence-corrected chi connectivity index (χ2v) is 9.77. The average Bonchev–Trinajstić information content (AvgIpc) is 2.88. The van der Waals surface area contributed by atoms with Crippen molar-refractivity contribution in [1.29, 1.82) is 0 Å². The molecule has 35 heavy (non-hydrogen) atoms. The van der Waals surface area contributed by atoms with Crippen LogP contribution in [0.2, 0.25) is 0 Å². The maximum Gasteiger partial charge on any atom is 0.339 e. The van der Waals surface area contributed by atoms with Crippen LogP contribution in [-0.4, -0.2) is 16.2 Å². The zero-order valence-corrected chi connectivity index (χ0v) is 20.5. The van der Waals surface area contributed by atoms with E-state index in [1.807, 2.05) is 86.6 Å². The van der Waals surface area contributed by atoms with Crippen molar-refractivity contribution in [2.24, 2.45) is 0 Å². The lowest BCUT2D eigenvalue weighted by atomic mass is 9.74. The first-order chi connectivity index (χ1) is 16.8. The smallest absolute Gasteiger partial charge is 0.339 e. The number of rotatable bonds is 8. The van der Waals surface area contributed by atoms with E-state index in [1.165, 1.54) is 5.56 Å². The van der Waals surface area contributed by atoms with Crippen molar-refractivity contribution in [3.63, 3.8) is 0 Å². The lowest BCUT2D eigenvalue weighted by Crippen LogP contribution is -2.21. The Labute approximate surface area is 207 Å². The molecule has 0 aliphatic rings. The van der Waals surface area contributed by atoms with Crippen molar-refractivity contribution in [1.82, 2.24) is 0 Å². The molecule has 3 heteroatoms. The molecule has 4 aromatic carbocycles. The summed E-state index contributed by atoms with van der Waals surface area (Å²) in [6.45, 7) is 6.26. The van der Waals surface area contributed by atoms with Crippen LogP contribution in [0.25, 0.3) is 0 Å². The molecule has 4 rings (SSSR count). The summed E-state index contributed by atoms with van der Waals surface area (Å²) in [6, 6.07) is 34.2. The van der Waals surface area contributed by atoms with Gasteiger partial charge in [0.1, 0.15) is 11.3 Å². The van der Waals surface area contributed by atoms with Gasteiger partial charge in [0.25, 0.3) is 0 Å². The first-order valence-corrected chi connectivity index (χ1v) is 12.0. The lowest BCUT2D eigenvalue weighted by Gasteiger charge is -2.30. The Hall–Kier alpha value is -3.85. The van der Waals surface area contributed by atoms with E-state index >= 15 is 0 Å². The van der Waals surface area contributed by atoms with Crippen molar-refractivity contribution < 1.29 is 15.0 Å². The minimum Gasteiger partial charge on any atom is -0.507 e. The molecule has 0 bridgehead atoms. The predicted molar refractivity (Wildman–Crippen MR) is 141 cm³/mol. The number of hydrogen-bond donors (Lipinski definition) is 2. The molecule has 178 valence electrons. The first-order valence-electron chi connectivity index (χ1n) is 12.0. The number of carboxylic acids is 1. The Balaban J connectivity index is 1.88. The molecular weight excluding hydrogens is 432 g/mol. The highest BCUT2D eigenvalue weighted by molar-refractivity contribution is 5.92. The Kier molecular flexibility index (Phi) is 7.07. The van der Waals surface area contributed by atoms with Gasteiger partial charge in [0.15, 0.2) is 0 Å². The quantitative estimate of drug-likeness (QED) is 0.280. The SMILES string of the molecule is CC(CC(c1ccccc1)c1cc(C(=O)O)c(O)c(C(C)(C)c2ccccc2)c1)c1ccccc1. The summed E-state index contributed by atoms with van der Waals surface area (Å²) in [6.07, 6.45) is 0.809. The largest absolute Gasteiger partial charge is 0.507 e. The van der Waals surface area contributed by atoms with Gasteiger partial charge in [-0.2, -0.15) is 0 Å². The minimum absolute atomic E-state index is 0.0320. The van der Waals surface area contributed by atoms with Gasteiger partial charge in [-0.15, -0.1) is 0 Å². The molecular formula is C32H32O3. The summed E-state index contributed by atoms with van der Waals surface area (Å²) in [7, 11) is 0. The highest BCUT2D eigenvalue weighted by Gasteiger charge is 2.31. The molecule has 3 nitrogen and oxygen atoms in total. The van der Waals surface area contributed by atoms with E-state index in [0.717, 1.165) is 23.1 Å². The molecule has 2 N–H and O–H groups in total. The van der Waals surface area contributed by atoms with Crippen LogP contribution >= 0.6 is 0 Å². The van der Waals surface area contributed by atoms with Crippen molar-refractivity contribution in [3.8, 4) is 5.75 Å². The third-order valence-electron chi connectivity index (χ3n) is 7.09. The molecule has 0 aromatic heterocycles. The Morgan fingerprint density at radius 1 is 0.771 bits per heavy atom. The fourth-order valence-corrected chi connectivity index (χ4v) is 4.93. The maximum atomic E-state index is 12.2. The van der Waals surface area contributed by atoms with Crippen molar-refractivity contribution >= 4 is 5.97 Å². The summed E-state index contributed by atoms with van der Waals surface area (Å²) >= 11 is 0. The summed E-state index contributed by atoms with van der Waals surface area (Å²) in [5.41, 5.74) is 4.25. The molecule has 4 aromatic rings. The number of benzene rings is 4. The van der Waals surface area contributed by atoms with Crippen LogP contribution in [-0.2, 0) is 5.41 Å². The molecule has 2 atom stereocenters. The normalized spacial score (nSPS) is 13.2. The molecule has 2 unspecified atom stereocenters. The first kappa shape index (κ1) is 24.3. The Morgan fingerprint density at radius 3 is 1.83 bits per heavy atom. The van der Waals surface area contributed by atoms with Gasteiger partial charge in [-0.25, -0.2) is 4.79 Å². The molecule has 0 fully saturated rings. The van der Waals surface area contributed by atoms with Gasteiger partial charge in [0.05, 0.1) is 0 Å². The fourth-order valence-electron chi connectivity index (χ4n) is 4.93. The molecule has 0 amide bonds. The van der Waals surface area contributed by atoms with Gasteiger partial charge in [-0.1, -0.05) is 118 Å². The van der Waals surface area contributed by atoms with E-state index in [-0.39, 0.29) is 23.1 Å². The maximum absolute atomic E-state index is 12.2. The van der Waals surface area contributed by atoms with Gasteiger partial charge in [0, 0.05) is 16.9 Å². The van der Waals surface area contributed by atoms with E-state index in [4.69, 9.17) is 0 Å². The van der Waals surface area contributed by atoms with Crippen LogP contribution < -0.4 is 0 Å². The van der Waals surface area contributed by atoms with Crippen LogP contribution in [0.3, 0.4) is 0 Å². The van der Waals surface area contributed by atoms with Crippen LogP contribution in [0.15, 0.2) is 103 Å². The van der Waals surface area contributed by atoms with Crippen molar-refractivity contribution in [3.05, 3.63) is 137 Å². The summed E-state index contributed by atoms with van der Waals surface area (Å²) in [5.74, 6) is -1.07. The van der Waals surface area contributed by atoms with E-state index in [0.29, 0.717) is 5.56 Å². The van der Waals surface area contributed by atoms with E-state index < -0.39 is 11.4 Å². The Morgan fingerprint density at radius 2 is 1.29 bits per heavy atom. The van der Waals surface area contributed by atoms with E-state index in [9.17, 15) is 15.0 Å². The molecule has 0 spiro atoms. The predicted octanol–water partition coefficient (Wildman–Crippen LogP) is 7.74. The second-order valence-electron chi connectivity index (χ2n) is 9.77. The number of aromatic carboxylic acids is 1. The topological polar surface area (TPSA) is 57.5 Å². The minimum atomic E-state index is -1.13. The Bertz CT molecular complexity index is 1280. The van der Waals surface area contributed by atoms with Gasteiger partial charge < -0.3 is 10.2 Å². The highest BCUT2D eigenvalue weighted by atomic mass is 16.4.